The van der Waals surface area contributed by atoms with Crippen molar-refractivity contribution in [2.75, 3.05) is 23.7 Å². The van der Waals surface area contributed by atoms with Crippen LogP contribution in [0.2, 0.25) is 0 Å². The number of likely N-dealkylation sites (N-methyl/N-ethyl adjacent to an activating group) is 1. The van der Waals surface area contributed by atoms with E-state index in [9.17, 15) is 44.3 Å². The van der Waals surface area contributed by atoms with Gasteiger partial charge in [0.2, 0.25) is 5.69 Å². The van der Waals surface area contributed by atoms with Crippen molar-refractivity contribution >= 4 is 64.2 Å². The number of carboxylic acid groups (broad SMARTS) is 1. The van der Waals surface area contributed by atoms with Crippen molar-refractivity contribution in [3.05, 3.63) is 107 Å². The minimum Gasteiger partial charge on any atom is -0.478 e. The Labute approximate surface area is 315 Å². The molecule has 0 radical (unpaired) electrons. The second-order valence-corrected chi connectivity index (χ2v) is 18.6. The number of rotatable bonds is 13. The maximum absolute atomic E-state index is 12.3. The van der Waals surface area contributed by atoms with Crippen LogP contribution in [0.15, 0.2) is 100 Å². The Balaban J connectivity index is 1.45. The van der Waals surface area contributed by atoms with Gasteiger partial charge in [0, 0.05) is 52.9 Å². The Bertz CT molecular complexity index is 2540. The van der Waals surface area contributed by atoms with Crippen LogP contribution in [0.25, 0.3) is 10.8 Å². The number of unbranched alkanes of at least 4 members (excludes halogenated alkanes) is 1. The van der Waals surface area contributed by atoms with Gasteiger partial charge in [0.25, 0.3) is 30.4 Å². The number of hydrogen-bond acceptors (Lipinski definition) is 8. The highest BCUT2D eigenvalue weighted by atomic mass is 32.2. The largest absolute Gasteiger partial charge is 0.478 e. The molecule has 0 amide bonds. The summed E-state index contributed by atoms with van der Waals surface area (Å²) in [5.41, 5.74) is 3.54. The zero-order valence-electron chi connectivity index (χ0n) is 30.4. The molecule has 3 aromatic rings. The lowest BCUT2D eigenvalue weighted by molar-refractivity contribution is -0.438. The monoisotopic (exact) mass is 799 g/mol. The minimum atomic E-state index is -4.85. The molecule has 0 spiro atoms. The quantitative estimate of drug-likeness (QED) is 0.0638. The van der Waals surface area contributed by atoms with Gasteiger partial charge in [-0.25, -0.2) is 4.79 Å². The fourth-order valence-corrected chi connectivity index (χ4v) is 9.34. The van der Waals surface area contributed by atoms with Gasteiger partial charge in [-0.15, -0.1) is 0 Å². The van der Waals surface area contributed by atoms with Crippen LogP contribution in [0.3, 0.4) is 0 Å². The van der Waals surface area contributed by atoms with Crippen LogP contribution in [0.4, 0.5) is 11.4 Å². The van der Waals surface area contributed by atoms with Crippen molar-refractivity contribution in [1.82, 2.24) is 0 Å². The Hall–Kier alpha value is -4.45. The molecule has 2 aliphatic heterocycles. The topological polar surface area (TPSA) is 207 Å². The van der Waals surface area contributed by atoms with E-state index in [1.165, 1.54) is 18.2 Å². The lowest BCUT2D eigenvalue weighted by Crippen LogP contribution is -2.28. The summed E-state index contributed by atoms with van der Waals surface area (Å²) in [6.07, 6.45) is 13.7. The van der Waals surface area contributed by atoms with Crippen molar-refractivity contribution in [3.63, 3.8) is 0 Å². The van der Waals surface area contributed by atoms with Crippen LogP contribution in [0.5, 0.6) is 0 Å². The van der Waals surface area contributed by atoms with Gasteiger partial charge >= 0.3 is 5.97 Å². The lowest BCUT2D eigenvalue weighted by Gasteiger charge is -2.26. The summed E-state index contributed by atoms with van der Waals surface area (Å²) < 4.78 is 102. The van der Waals surface area contributed by atoms with E-state index in [2.05, 4.69) is 0 Å². The van der Waals surface area contributed by atoms with E-state index in [1.54, 1.807) is 18.2 Å². The second kappa shape index (κ2) is 14.7. The first kappa shape index (κ1) is 40.7. The van der Waals surface area contributed by atoms with Crippen LogP contribution in [0.1, 0.15) is 68.9 Å². The molecule has 13 nitrogen and oxygen atoms in total. The molecule has 4 N–H and O–H groups in total. The summed E-state index contributed by atoms with van der Waals surface area (Å²) in [7, 11) is -13.8. The van der Waals surface area contributed by atoms with Gasteiger partial charge in [-0.3, -0.25) is 13.7 Å². The van der Waals surface area contributed by atoms with E-state index in [4.69, 9.17) is 4.55 Å². The molecule has 0 saturated carbocycles. The standard InChI is InChI=1S/C38H42N2O11S3/c1-6-39-31-19-17-27-28(23-26(53(46,47)48)24-32(27)54(49,50)51)35(31)38(4,5)34(39)15-11-9-7-8-10-14-33-37(2,3)29-22-25(36(41)42)16-18-30(29)40(33)20-12-13-21-52(43,44)45/h7-11,14-19,22-24H,6,12-13,20-21H2,1-5H3,(H3-,41,42,43,44,45,46,47,48,49,50,51)/p+1. The maximum atomic E-state index is 12.3. The van der Waals surface area contributed by atoms with E-state index < -0.39 is 56.9 Å². The normalized spacial score (nSPS) is 17.9. The lowest BCUT2D eigenvalue weighted by atomic mass is 9.81. The van der Waals surface area contributed by atoms with Gasteiger partial charge in [0.1, 0.15) is 11.4 Å². The molecule has 54 heavy (non-hydrogen) atoms. The zero-order chi connectivity index (χ0) is 40.0. The van der Waals surface area contributed by atoms with Crippen molar-refractivity contribution in [1.29, 1.82) is 0 Å². The van der Waals surface area contributed by atoms with Crippen molar-refractivity contribution < 1.29 is 53.4 Å². The molecule has 3 aromatic carbocycles. The first-order valence-corrected chi connectivity index (χ1v) is 21.5. The molecule has 2 aliphatic rings. The molecule has 2 heterocycles. The van der Waals surface area contributed by atoms with Gasteiger partial charge < -0.3 is 10.0 Å². The van der Waals surface area contributed by atoms with Crippen molar-refractivity contribution in [2.45, 2.75) is 68.1 Å². The number of nitrogens with zero attached hydrogens (tertiary/aromatic N) is 2. The molecular weight excluding hydrogens is 757 g/mol. The van der Waals surface area contributed by atoms with Crippen molar-refractivity contribution in [3.8, 4) is 0 Å². The summed E-state index contributed by atoms with van der Waals surface area (Å²) in [6.45, 7) is 10.7. The summed E-state index contributed by atoms with van der Waals surface area (Å²) >= 11 is 0. The van der Waals surface area contributed by atoms with Crippen molar-refractivity contribution in [2.24, 2.45) is 0 Å². The number of anilines is 1. The summed E-state index contributed by atoms with van der Waals surface area (Å²) in [4.78, 5) is 12.5. The number of carbonyl (C=O) groups is 1. The highest BCUT2D eigenvalue weighted by Crippen LogP contribution is 2.51. The van der Waals surface area contributed by atoms with E-state index in [1.807, 2.05) is 86.6 Å². The number of aromatic carboxylic acids is 1. The second-order valence-electron chi connectivity index (χ2n) is 14.2. The van der Waals surface area contributed by atoms with Gasteiger partial charge in [-0.2, -0.15) is 29.8 Å². The van der Waals surface area contributed by atoms with E-state index >= 15 is 0 Å². The smallest absolute Gasteiger partial charge is 0.335 e. The predicted molar refractivity (Wildman–Crippen MR) is 207 cm³/mol. The van der Waals surface area contributed by atoms with E-state index in [0.29, 0.717) is 25.1 Å². The molecule has 0 aromatic heterocycles. The molecule has 5 rings (SSSR count). The summed E-state index contributed by atoms with van der Waals surface area (Å²) in [5.74, 6) is -1.40. The van der Waals surface area contributed by atoms with Crippen LogP contribution >= 0.6 is 0 Å². The fraction of sp³-hybridized carbons (Fsp3) is 0.316. The van der Waals surface area contributed by atoms with Gasteiger partial charge in [-0.1, -0.05) is 50.3 Å². The van der Waals surface area contributed by atoms with Crippen LogP contribution in [-0.4, -0.2) is 79.1 Å². The highest BCUT2D eigenvalue weighted by Gasteiger charge is 2.45. The third-order valence-corrected chi connectivity index (χ3v) is 12.4. The maximum Gasteiger partial charge on any atom is 0.335 e. The Morgan fingerprint density at radius 2 is 1.46 bits per heavy atom. The van der Waals surface area contributed by atoms with E-state index in [-0.39, 0.29) is 28.5 Å². The first-order chi connectivity index (χ1) is 25.0. The molecule has 288 valence electrons. The van der Waals surface area contributed by atoms with Gasteiger partial charge in [-0.05, 0) is 74.5 Å². The molecule has 0 aliphatic carbocycles. The molecular formula is C38H43N2O11S3+. The SMILES string of the molecule is CCN1C(=CC=CC=CC=CC2=[N+](CCCCS(=O)(=O)O)c3ccc(C(=O)O)cc3C2(C)C)C(C)(C)c2c1ccc1c(S(=O)(=O)O)cc(S(=O)(=O)O)cc21. The number of allylic oxidation sites excluding steroid dienone is 8. The molecule has 0 saturated heterocycles. The minimum absolute atomic E-state index is 0.115. The average molecular weight is 800 g/mol. The number of carboxylic acids is 1. The highest BCUT2D eigenvalue weighted by molar-refractivity contribution is 7.87. The molecule has 0 unspecified atom stereocenters. The number of fused-ring (bicyclic) bond motifs is 4. The predicted octanol–water partition coefficient (Wildman–Crippen LogP) is 6.45. The summed E-state index contributed by atoms with van der Waals surface area (Å²) in [6, 6.07) is 10.1. The average Bonchev–Trinajstić information content (AvgIpc) is 3.42. The number of hydrogen-bond donors (Lipinski definition) is 4. The fourth-order valence-electron chi connectivity index (χ4n) is 7.43. The van der Waals surface area contributed by atoms with Crippen LogP contribution in [-0.2, 0) is 41.2 Å². The summed E-state index contributed by atoms with van der Waals surface area (Å²) in [5, 5.41) is 9.98. The zero-order valence-corrected chi connectivity index (χ0v) is 32.8. The Morgan fingerprint density at radius 3 is 2.07 bits per heavy atom. The molecule has 0 atom stereocenters. The van der Waals surface area contributed by atoms with E-state index in [0.717, 1.165) is 34.4 Å². The molecule has 16 heteroatoms. The van der Waals surface area contributed by atoms with Gasteiger partial charge in [0.15, 0.2) is 5.71 Å². The third kappa shape index (κ3) is 7.99. The van der Waals surface area contributed by atoms with Crippen LogP contribution in [0, 0.1) is 0 Å². The first-order valence-electron chi connectivity index (χ1n) is 17.0. The molecule has 0 fully saturated rings. The third-order valence-electron chi connectivity index (χ3n) is 9.91. The molecule has 0 bridgehead atoms. The van der Waals surface area contributed by atoms with Gasteiger partial charge in [0.05, 0.1) is 21.6 Å². The Morgan fingerprint density at radius 1 is 0.796 bits per heavy atom. The Kier molecular flexibility index (Phi) is 11.1. The number of benzene rings is 3. The van der Waals surface area contributed by atoms with Crippen LogP contribution < -0.4 is 4.90 Å².